The number of fused-ring (bicyclic) bond motifs is 7. The molecule has 4 aromatic heterocycles. The fraction of sp³-hybridized carbons (Fsp3) is 0.133. The Morgan fingerprint density at radius 2 is 2.25 bits per heavy atom. The third kappa shape index (κ3) is 1.10. The molecule has 5 heterocycles. The Kier molecular flexibility index (Phi) is 1.80. The number of aromatic nitrogens is 4. The van der Waals surface area contributed by atoms with Gasteiger partial charge in [0.15, 0.2) is 11.2 Å². The first-order chi connectivity index (χ1) is 9.84. The van der Waals surface area contributed by atoms with Crippen LogP contribution in [0.5, 0.6) is 0 Å². The van der Waals surface area contributed by atoms with Gasteiger partial charge in [0.25, 0.3) is 0 Å². The highest BCUT2D eigenvalue weighted by Crippen LogP contribution is 2.36. The highest BCUT2D eigenvalue weighted by molar-refractivity contribution is 7.25. The first-order valence-electron chi connectivity index (χ1n) is 6.53. The van der Waals surface area contributed by atoms with E-state index >= 15 is 0 Å². The Labute approximate surface area is 119 Å². The van der Waals surface area contributed by atoms with Crippen LogP contribution in [-0.4, -0.2) is 14.5 Å². The molecule has 0 aromatic carbocycles. The van der Waals surface area contributed by atoms with Crippen molar-refractivity contribution in [1.82, 2.24) is 14.5 Å². The Balaban J connectivity index is 1.98. The van der Waals surface area contributed by atoms with Gasteiger partial charge in [-0.2, -0.15) is 0 Å². The van der Waals surface area contributed by atoms with E-state index in [4.69, 9.17) is 0 Å². The van der Waals surface area contributed by atoms with E-state index in [1.165, 1.54) is 31.8 Å². The van der Waals surface area contributed by atoms with Gasteiger partial charge < -0.3 is 0 Å². The highest BCUT2D eigenvalue weighted by atomic mass is 32.1. The molecule has 5 heteroatoms. The summed E-state index contributed by atoms with van der Waals surface area (Å²) >= 11 is 1.81. The van der Waals surface area contributed by atoms with Crippen molar-refractivity contribution in [2.45, 2.75) is 6.54 Å². The van der Waals surface area contributed by atoms with Crippen LogP contribution in [0, 0.1) is 0 Å². The minimum absolute atomic E-state index is 0.913. The smallest absolute Gasteiger partial charge is 0.263 e. The van der Waals surface area contributed by atoms with E-state index in [1.807, 2.05) is 36.0 Å². The van der Waals surface area contributed by atoms with Crippen molar-refractivity contribution in [2.75, 3.05) is 0 Å². The number of aryl methyl sites for hydroxylation is 1. The van der Waals surface area contributed by atoms with Gasteiger partial charge in [-0.3, -0.25) is 4.98 Å². The molecule has 0 saturated heterocycles. The average Bonchev–Trinajstić information content (AvgIpc) is 3.10. The Morgan fingerprint density at radius 3 is 3.20 bits per heavy atom. The summed E-state index contributed by atoms with van der Waals surface area (Å²) in [4.78, 5) is 10.1. The van der Waals surface area contributed by atoms with E-state index in [-0.39, 0.29) is 0 Å². The van der Waals surface area contributed by atoms with Crippen LogP contribution < -0.4 is 4.57 Å². The van der Waals surface area contributed by atoms with Crippen molar-refractivity contribution in [3.05, 3.63) is 42.4 Å². The number of imidazole rings is 1. The molecule has 0 radical (unpaired) electrons. The van der Waals surface area contributed by atoms with Crippen LogP contribution in [0.2, 0.25) is 0 Å². The van der Waals surface area contributed by atoms with Crippen LogP contribution in [0.1, 0.15) is 5.56 Å². The van der Waals surface area contributed by atoms with Gasteiger partial charge in [-0.15, -0.1) is 0 Å². The maximum atomic E-state index is 4.57. The van der Waals surface area contributed by atoms with Gasteiger partial charge in [-0.1, -0.05) is 17.4 Å². The molecule has 1 aliphatic rings. The monoisotopic (exact) mass is 279 g/mol. The summed E-state index contributed by atoms with van der Waals surface area (Å²) in [5.74, 6) is 1.21. The SMILES string of the molecule is Cn1c2[n+](c3sc4cnccc4c31)Cc1cccnc1-2. The van der Waals surface area contributed by atoms with Crippen LogP contribution >= 0.6 is 11.3 Å². The predicted molar refractivity (Wildman–Crippen MR) is 78.6 cm³/mol. The van der Waals surface area contributed by atoms with Gasteiger partial charge in [0, 0.05) is 29.5 Å². The molecule has 0 aliphatic carbocycles. The van der Waals surface area contributed by atoms with Gasteiger partial charge in [0.1, 0.15) is 6.54 Å². The van der Waals surface area contributed by atoms with Crippen molar-refractivity contribution in [3.63, 3.8) is 0 Å². The second-order valence-electron chi connectivity index (χ2n) is 5.11. The summed E-state index contributed by atoms with van der Waals surface area (Å²) in [5, 5.41) is 1.28. The first-order valence-corrected chi connectivity index (χ1v) is 7.35. The molecular weight excluding hydrogens is 268 g/mol. The normalized spacial score (nSPS) is 13.1. The first kappa shape index (κ1) is 10.5. The van der Waals surface area contributed by atoms with Crippen molar-refractivity contribution in [1.29, 1.82) is 0 Å². The minimum atomic E-state index is 0.913. The maximum Gasteiger partial charge on any atom is 0.309 e. The lowest BCUT2D eigenvalue weighted by Gasteiger charge is -1.94. The zero-order valence-corrected chi connectivity index (χ0v) is 11.7. The van der Waals surface area contributed by atoms with Gasteiger partial charge in [-0.25, -0.2) is 14.1 Å². The Morgan fingerprint density at radius 1 is 1.30 bits per heavy atom. The maximum absolute atomic E-state index is 4.57. The molecule has 0 atom stereocenters. The second-order valence-corrected chi connectivity index (χ2v) is 6.14. The quantitative estimate of drug-likeness (QED) is 0.408. The lowest BCUT2D eigenvalue weighted by Crippen LogP contribution is -2.30. The Bertz CT molecular complexity index is 996. The molecule has 0 bridgehead atoms. The number of hydrogen-bond donors (Lipinski definition) is 0. The summed E-state index contributed by atoms with van der Waals surface area (Å²) in [6.45, 7) is 0.913. The fourth-order valence-corrected chi connectivity index (χ4v) is 4.39. The molecule has 0 unspecified atom stereocenters. The van der Waals surface area contributed by atoms with Crippen molar-refractivity contribution >= 4 is 31.8 Å². The summed E-state index contributed by atoms with van der Waals surface area (Å²) in [5.41, 5.74) is 3.70. The van der Waals surface area contributed by atoms with E-state index in [1.54, 1.807) is 0 Å². The van der Waals surface area contributed by atoms with Crippen molar-refractivity contribution < 1.29 is 4.57 Å². The molecule has 20 heavy (non-hydrogen) atoms. The standard InChI is InChI=1S/C15H11N4S/c1-18-13-10-4-6-16-7-11(10)20-15(13)19-8-9-3-2-5-17-12(9)14(18)19/h2-7H,8H2,1H3/q+1. The second kappa shape index (κ2) is 3.43. The number of pyridine rings is 2. The van der Waals surface area contributed by atoms with E-state index in [0.717, 1.165) is 12.2 Å². The van der Waals surface area contributed by atoms with E-state index in [2.05, 4.69) is 38.3 Å². The molecule has 0 amide bonds. The minimum Gasteiger partial charge on any atom is -0.263 e. The van der Waals surface area contributed by atoms with Crippen LogP contribution in [0.15, 0.2) is 36.8 Å². The van der Waals surface area contributed by atoms with Crippen molar-refractivity contribution in [3.8, 4) is 11.5 Å². The summed E-state index contributed by atoms with van der Waals surface area (Å²) in [6.07, 6.45) is 5.69. The molecule has 0 saturated carbocycles. The molecule has 4 nitrogen and oxygen atoms in total. The number of thiophene rings is 1. The van der Waals surface area contributed by atoms with E-state index in [0.29, 0.717) is 0 Å². The fourth-order valence-electron chi connectivity index (χ4n) is 3.19. The molecule has 96 valence electrons. The van der Waals surface area contributed by atoms with Gasteiger partial charge in [0.05, 0.1) is 11.7 Å². The van der Waals surface area contributed by atoms with Crippen LogP contribution in [0.3, 0.4) is 0 Å². The van der Waals surface area contributed by atoms with E-state index in [9.17, 15) is 0 Å². The molecular formula is C15H11N4S+. The third-order valence-corrected chi connectivity index (χ3v) is 5.19. The third-order valence-electron chi connectivity index (χ3n) is 4.03. The zero-order chi connectivity index (χ0) is 13.3. The summed E-state index contributed by atoms with van der Waals surface area (Å²) < 4.78 is 5.89. The van der Waals surface area contributed by atoms with Crippen molar-refractivity contribution in [2.24, 2.45) is 7.05 Å². The lowest BCUT2D eigenvalue weighted by molar-refractivity contribution is -0.644. The molecule has 0 spiro atoms. The molecule has 4 aromatic rings. The van der Waals surface area contributed by atoms with Gasteiger partial charge >= 0.3 is 5.82 Å². The molecule has 0 N–H and O–H groups in total. The van der Waals surface area contributed by atoms with Gasteiger partial charge in [-0.05, 0) is 12.1 Å². The predicted octanol–water partition coefficient (Wildman–Crippen LogP) is 2.50. The topological polar surface area (TPSA) is 34.6 Å². The van der Waals surface area contributed by atoms with Crippen LogP contribution in [0.4, 0.5) is 0 Å². The van der Waals surface area contributed by atoms with Crippen LogP contribution in [-0.2, 0) is 13.6 Å². The molecule has 1 aliphatic heterocycles. The zero-order valence-electron chi connectivity index (χ0n) is 10.9. The summed E-state index contributed by atoms with van der Waals surface area (Å²) in [7, 11) is 2.13. The number of hydrogen-bond acceptors (Lipinski definition) is 3. The largest absolute Gasteiger partial charge is 0.309 e. The number of nitrogens with zero attached hydrogens (tertiary/aromatic N) is 4. The average molecular weight is 279 g/mol. The highest BCUT2D eigenvalue weighted by Gasteiger charge is 2.35. The van der Waals surface area contributed by atoms with Crippen LogP contribution in [0.25, 0.3) is 32.0 Å². The molecule has 5 rings (SSSR count). The Hall–Kier alpha value is -2.27. The van der Waals surface area contributed by atoms with Gasteiger partial charge in [0.2, 0.25) is 4.83 Å². The molecule has 0 fully saturated rings. The van der Waals surface area contributed by atoms with E-state index < -0.39 is 0 Å². The lowest BCUT2D eigenvalue weighted by atomic mass is 10.2. The summed E-state index contributed by atoms with van der Waals surface area (Å²) in [6, 6.07) is 6.27. The number of rotatable bonds is 0.